The Bertz CT molecular complexity index is 173. The summed E-state index contributed by atoms with van der Waals surface area (Å²) in [5.74, 6) is -0.944. The molecule has 0 bridgehead atoms. The molecule has 0 aromatic heterocycles. The topological polar surface area (TPSA) is 0 Å². The monoisotopic (exact) mass is 272 g/mol. The lowest BCUT2D eigenvalue weighted by Crippen LogP contribution is -2.35. The van der Waals surface area contributed by atoms with Crippen molar-refractivity contribution in [1.29, 1.82) is 0 Å². The maximum Gasteiger partial charge on any atom is 0.391 e. The predicted molar refractivity (Wildman–Crippen MR) is 54.5 cm³/mol. The van der Waals surface area contributed by atoms with Crippen LogP contribution in [0.2, 0.25) is 0 Å². The summed E-state index contributed by atoms with van der Waals surface area (Å²) in [6, 6.07) is 0. The van der Waals surface area contributed by atoms with E-state index in [0.29, 0.717) is 12.8 Å². The van der Waals surface area contributed by atoms with Crippen molar-refractivity contribution in [3.8, 4) is 0 Å². The van der Waals surface area contributed by atoms with Gasteiger partial charge in [0.05, 0.1) is 5.92 Å². The third kappa shape index (κ3) is 3.14. The maximum absolute atomic E-state index is 12.5. The largest absolute Gasteiger partial charge is 0.391 e. The van der Waals surface area contributed by atoms with Gasteiger partial charge in [-0.15, -0.1) is 0 Å². The number of hydrogen-bond acceptors (Lipinski definition) is 0. The molecule has 0 amide bonds. The van der Waals surface area contributed by atoms with Crippen LogP contribution in [0, 0.1) is 11.8 Å². The minimum atomic E-state index is -4.00. The third-order valence-corrected chi connectivity index (χ3v) is 3.76. The molecule has 1 saturated carbocycles. The zero-order chi connectivity index (χ0) is 11.0. The molecule has 1 aliphatic carbocycles. The smallest absolute Gasteiger partial charge is 0.171 e. The molecule has 14 heavy (non-hydrogen) atoms. The van der Waals surface area contributed by atoms with E-state index >= 15 is 0 Å². The average Bonchev–Trinajstić information content (AvgIpc) is 2.01. The van der Waals surface area contributed by atoms with E-state index in [0.717, 1.165) is 6.42 Å². The highest BCUT2D eigenvalue weighted by atomic mass is 79.9. The number of rotatable bonds is 1. The number of halogens is 4. The van der Waals surface area contributed by atoms with E-state index in [1.165, 1.54) is 0 Å². The van der Waals surface area contributed by atoms with Crippen molar-refractivity contribution in [2.24, 2.45) is 11.8 Å². The van der Waals surface area contributed by atoms with Gasteiger partial charge in [0.2, 0.25) is 0 Å². The molecule has 0 aromatic carbocycles. The van der Waals surface area contributed by atoms with Gasteiger partial charge in [-0.3, -0.25) is 0 Å². The van der Waals surface area contributed by atoms with Crippen LogP contribution in [0.4, 0.5) is 13.2 Å². The Kier molecular flexibility index (Phi) is 3.55. The van der Waals surface area contributed by atoms with Crippen molar-refractivity contribution < 1.29 is 13.2 Å². The van der Waals surface area contributed by atoms with Gasteiger partial charge in [-0.25, -0.2) is 0 Å². The van der Waals surface area contributed by atoms with Crippen molar-refractivity contribution in [1.82, 2.24) is 0 Å². The minimum Gasteiger partial charge on any atom is -0.171 e. The molecule has 0 saturated heterocycles. The first-order chi connectivity index (χ1) is 6.21. The van der Waals surface area contributed by atoms with Crippen LogP contribution in [-0.2, 0) is 0 Å². The third-order valence-electron chi connectivity index (χ3n) is 3.11. The van der Waals surface area contributed by atoms with Gasteiger partial charge in [0.1, 0.15) is 0 Å². The van der Waals surface area contributed by atoms with E-state index in [2.05, 4.69) is 15.9 Å². The molecule has 0 aliphatic heterocycles. The van der Waals surface area contributed by atoms with E-state index in [9.17, 15) is 13.2 Å². The fourth-order valence-electron chi connectivity index (χ4n) is 2.11. The summed E-state index contributed by atoms with van der Waals surface area (Å²) in [4.78, 5) is 0. The molecule has 0 N–H and O–H groups in total. The minimum absolute atomic E-state index is 0.142. The highest BCUT2D eigenvalue weighted by Gasteiger charge is 2.44. The summed E-state index contributed by atoms with van der Waals surface area (Å²) in [7, 11) is 0. The van der Waals surface area contributed by atoms with Gasteiger partial charge < -0.3 is 0 Å². The molecule has 1 fully saturated rings. The summed E-state index contributed by atoms with van der Waals surface area (Å²) >= 11 is 3.47. The van der Waals surface area contributed by atoms with Gasteiger partial charge in [0.25, 0.3) is 0 Å². The molecule has 0 aromatic rings. The van der Waals surface area contributed by atoms with Crippen LogP contribution < -0.4 is 0 Å². The van der Waals surface area contributed by atoms with Gasteiger partial charge in [0.15, 0.2) is 0 Å². The molecule has 0 radical (unpaired) electrons. The van der Waals surface area contributed by atoms with Crippen LogP contribution in [0.25, 0.3) is 0 Å². The summed E-state index contributed by atoms with van der Waals surface area (Å²) in [5.41, 5.74) is 0. The lowest BCUT2D eigenvalue weighted by molar-refractivity contribution is -0.186. The van der Waals surface area contributed by atoms with Crippen LogP contribution >= 0.6 is 15.9 Å². The maximum atomic E-state index is 12.5. The zero-order valence-corrected chi connectivity index (χ0v) is 10.1. The molecule has 0 spiro atoms. The molecule has 84 valence electrons. The van der Waals surface area contributed by atoms with Crippen LogP contribution in [0.15, 0.2) is 0 Å². The highest BCUT2D eigenvalue weighted by molar-refractivity contribution is 9.10. The molecule has 2 atom stereocenters. The Labute approximate surface area is 91.4 Å². The van der Waals surface area contributed by atoms with E-state index in [4.69, 9.17) is 0 Å². The van der Waals surface area contributed by atoms with Crippen molar-refractivity contribution >= 4 is 15.9 Å². The second-order valence-electron chi connectivity index (χ2n) is 4.67. The zero-order valence-electron chi connectivity index (χ0n) is 8.49. The Morgan fingerprint density at radius 2 is 1.57 bits per heavy atom. The lowest BCUT2D eigenvalue weighted by atomic mass is 9.76. The van der Waals surface area contributed by atoms with Gasteiger partial charge in [-0.1, -0.05) is 22.4 Å². The van der Waals surface area contributed by atoms with Crippen LogP contribution in [-0.4, -0.2) is 10.5 Å². The number of alkyl halides is 4. The molecular formula is C10H16BrF3. The fourth-order valence-corrected chi connectivity index (χ4v) is 2.53. The Morgan fingerprint density at radius 1 is 1.07 bits per heavy atom. The standard InChI is InChI=1S/C10H16BrF3/c1-9(2,11)7-4-3-5-8(6-7)10(12,13)14/h7-8H,3-6H2,1-2H3. The Morgan fingerprint density at radius 3 is 2.00 bits per heavy atom. The van der Waals surface area contributed by atoms with E-state index in [1.807, 2.05) is 13.8 Å². The van der Waals surface area contributed by atoms with Gasteiger partial charge in [-0.2, -0.15) is 13.2 Å². The summed E-state index contributed by atoms with van der Waals surface area (Å²) < 4.78 is 37.3. The van der Waals surface area contributed by atoms with E-state index < -0.39 is 12.1 Å². The van der Waals surface area contributed by atoms with Crippen molar-refractivity contribution in [2.75, 3.05) is 0 Å². The average molecular weight is 273 g/mol. The predicted octanol–water partition coefficient (Wildman–Crippen LogP) is 4.53. The first-order valence-electron chi connectivity index (χ1n) is 4.97. The van der Waals surface area contributed by atoms with Crippen molar-refractivity contribution in [2.45, 2.75) is 50.0 Å². The first kappa shape index (κ1) is 12.3. The van der Waals surface area contributed by atoms with Crippen LogP contribution in [0.5, 0.6) is 0 Å². The summed E-state index contributed by atoms with van der Waals surface area (Å²) in [6.07, 6.45) is -1.81. The van der Waals surface area contributed by atoms with Gasteiger partial charge in [0, 0.05) is 4.32 Å². The lowest BCUT2D eigenvalue weighted by Gasteiger charge is -2.37. The van der Waals surface area contributed by atoms with Crippen LogP contribution in [0.3, 0.4) is 0 Å². The van der Waals surface area contributed by atoms with Crippen molar-refractivity contribution in [3.05, 3.63) is 0 Å². The molecule has 4 heteroatoms. The molecule has 0 heterocycles. The molecular weight excluding hydrogens is 257 g/mol. The van der Waals surface area contributed by atoms with Crippen molar-refractivity contribution in [3.63, 3.8) is 0 Å². The number of hydrogen-bond donors (Lipinski definition) is 0. The molecule has 1 rings (SSSR count). The van der Waals surface area contributed by atoms with Gasteiger partial charge in [-0.05, 0) is 39.0 Å². The Balaban J connectivity index is 2.61. The summed E-state index contributed by atoms with van der Waals surface area (Å²) in [6.45, 7) is 3.91. The molecule has 0 nitrogen and oxygen atoms in total. The van der Waals surface area contributed by atoms with Crippen LogP contribution in [0.1, 0.15) is 39.5 Å². The summed E-state index contributed by atoms with van der Waals surface area (Å²) in [5, 5.41) is 0. The normalized spacial score (nSPS) is 30.4. The highest BCUT2D eigenvalue weighted by Crippen LogP contribution is 2.45. The first-order valence-corrected chi connectivity index (χ1v) is 5.76. The second-order valence-corrected chi connectivity index (χ2v) is 6.71. The molecule has 1 aliphatic rings. The molecule has 2 unspecified atom stereocenters. The van der Waals surface area contributed by atoms with E-state index in [1.54, 1.807) is 0 Å². The van der Waals surface area contributed by atoms with Gasteiger partial charge >= 0.3 is 6.18 Å². The van der Waals surface area contributed by atoms with E-state index in [-0.39, 0.29) is 16.7 Å². The quantitative estimate of drug-likeness (QED) is 0.616. The SMILES string of the molecule is CC(C)(Br)C1CCCC(C(F)(F)F)C1. The second kappa shape index (κ2) is 4.03. The Hall–Kier alpha value is 0.270. The fraction of sp³-hybridized carbons (Fsp3) is 1.00.